The maximum absolute atomic E-state index is 12.3. The van der Waals surface area contributed by atoms with Crippen LogP contribution in [0, 0.1) is 5.92 Å². The summed E-state index contributed by atoms with van der Waals surface area (Å²) in [6.07, 6.45) is 2.95. The predicted molar refractivity (Wildman–Crippen MR) is 86.2 cm³/mol. The number of ketones is 1. The Bertz CT molecular complexity index is 599. The summed E-state index contributed by atoms with van der Waals surface area (Å²) >= 11 is 0. The number of carbonyl (C=O) groups is 1. The summed E-state index contributed by atoms with van der Waals surface area (Å²) in [4.78, 5) is 16.9. The molecule has 114 valence electrons. The number of imidazole rings is 1. The smallest absolute Gasteiger partial charge is 0.140 e. The zero-order valence-corrected chi connectivity index (χ0v) is 13.0. The van der Waals surface area contributed by atoms with E-state index in [0.717, 1.165) is 36.2 Å². The van der Waals surface area contributed by atoms with Crippen LogP contribution in [0.25, 0.3) is 11.0 Å². The first-order valence-electron chi connectivity index (χ1n) is 7.85. The van der Waals surface area contributed by atoms with Crippen LogP contribution in [-0.2, 0) is 17.8 Å². The van der Waals surface area contributed by atoms with Crippen molar-refractivity contribution in [2.24, 2.45) is 11.7 Å². The lowest BCUT2D eigenvalue weighted by molar-refractivity contribution is -0.119. The summed E-state index contributed by atoms with van der Waals surface area (Å²) < 4.78 is 2.18. The zero-order valence-electron chi connectivity index (χ0n) is 13.0. The molecule has 0 radical (unpaired) electrons. The standard InChI is InChI=1S/C17H25N3O/c1-3-9-20-16-8-6-5-7-15(16)19-17(20)11-14(21)10-13(4-2)12-18/h5-8,13H,3-4,9-12,18H2,1-2H3. The van der Waals surface area contributed by atoms with Gasteiger partial charge in [0.1, 0.15) is 11.6 Å². The molecule has 0 saturated carbocycles. The number of aryl methyl sites for hydroxylation is 1. The van der Waals surface area contributed by atoms with E-state index in [2.05, 4.69) is 29.5 Å². The predicted octanol–water partition coefficient (Wildman–Crippen LogP) is 2.93. The molecule has 1 heterocycles. The van der Waals surface area contributed by atoms with Crippen LogP contribution in [0.1, 0.15) is 38.9 Å². The molecule has 0 saturated heterocycles. The third-order valence-electron chi connectivity index (χ3n) is 3.96. The van der Waals surface area contributed by atoms with Gasteiger partial charge >= 0.3 is 0 Å². The highest BCUT2D eigenvalue weighted by Gasteiger charge is 2.16. The van der Waals surface area contributed by atoms with Crippen molar-refractivity contribution in [3.63, 3.8) is 0 Å². The average molecular weight is 287 g/mol. The van der Waals surface area contributed by atoms with E-state index in [1.165, 1.54) is 0 Å². The third-order valence-corrected chi connectivity index (χ3v) is 3.96. The molecular formula is C17H25N3O. The second-order valence-electron chi connectivity index (χ2n) is 5.60. The van der Waals surface area contributed by atoms with E-state index in [9.17, 15) is 4.79 Å². The molecule has 0 aliphatic carbocycles. The Balaban J connectivity index is 2.21. The number of carbonyl (C=O) groups excluding carboxylic acids is 1. The number of fused-ring (bicyclic) bond motifs is 1. The molecule has 0 bridgehead atoms. The van der Waals surface area contributed by atoms with E-state index in [-0.39, 0.29) is 5.78 Å². The minimum atomic E-state index is 0.236. The summed E-state index contributed by atoms with van der Waals surface area (Å²) in [7, 11) is 0. The number of nitrogens with two attached hydrogens (primary N) is 1. The van der Waals surface area contributed by atoms with Crippen molar-refractivity contribution in [2.45, 2.75) is 46.1 Å². The summed E-state index contributed by atoms with van der Waals surface area (Å²) in [6, 6.07) is 8.08. The van der Waals surface area contributed by atoms with Crippen LogP contribution in [0.2, 0.25) is 0 Å². The number of hydrogen-bond acceptors (Lipinski definition) is 3. The molecule has 0 aliphatic rings. The van der Waals surface area contributed by atoms with Crippen molar-refractivity contribution in [1.29, 1.82) is 0 Å². The van der Waals surface area contributed by atoms with Crippen molar-refractivity contribution >= 4 is 16.8 Å². The number of nitrogens with zero attached hydrogens (tertiary/aromatic N) is 2. The number of Topliss-reactive ketones (excluding diaryl/α,β-unsaturated/α-hetero) is 1. The molecule has 1 unspecified atom stereocenters. The molecule has 2 aromatic rings. The van der Waals surface area contributed by atoms with Crippen molar-refractivity contribution in [1.82, 2.24) is 9.55 Å². The van der Waals surface area contributed by atoms with Crippen LogP contribution in [0.4, 0.5) is 0 Å². The lowest BCUT2D eigenvalue weighted by Gasteiger charge is -2.11. The van der Waals surface area contributed by atoms with Crippen LogP contribution in [-0.4, -0.2) is 21.9 Å². The molecule has 0 aliphatic heterocycles. The van der Waals surface area contributed by atoms with E-state index in [4.69, 9.17) is 5.73 Å². The van der Waals surface area contributed by atoms with Crippen molar-refractivity contribution in [2.75, 3.05) is 6.54 Å². The van der Waals surface area contributed by atoms with Crippen molar-refractivity contribution in [3.8, 4) is 0 Å². The molecule has 0 spiro atoms. The number of para-hydroxylation sites is 2. The van der Waals surface area contributed by atoms with Gasteiger partial charge in [-0.25, -0.2) is 4.98 Å². The monoisotopic (exact) mass is 287 g/mol. The molecule has 21 heavy (non-hydrogen) atoms. The molecule has 1 aromatic heterocycles. The Morgan fingerprint density at radius 2 is 2.10 bits per heavy atom. The molecule has 0 fully saturated rings. The quantitative estimate of drug-likeness (QED) is 0.812. The van der Waals surface area contributed by atoms with Gasteiger partial charge < -0.3 is 10.3 Å². The zero-order chi connectivity index (χ0) is 15.2. The van der Waals surface area contributed by atoms with Gasteiger partial charge in [0.15, 0.2) is 0 Å². The van der Waals surface area contributed by atoms with Gasteiger partial charge in [-0.05, 0) is 31.0 Å². The van der Waals surface area contributed by atoms with Crippen LogP contribution in [0.15, 0.2) is 24.3 Å². The van der Waals surface area contributed by atoms with Gasteiger partial charge in [-0.3, -0.25) is 4.79 Å². The number of aromatic nitrogens is 2. The van der Waals surface area contributed by atoms with E-state index < -0.39 is 0 Å². The van der Waals surface area contributed by atoms with Crippen molar-refractivity contribution in [3.05, 3.63) is 30.1 Å². The lowest BCUT2D eigenvalue weighted by atomic mass is 9.98. The minimum Gasteiger partial charge on any atom is -0.330 e. The normalized spacial score (nSPS) is 12.7. The average Bonchev–Trinajstić information content (AvgIpc) is 2.83. The minimum absolute atomic E-state index is 0.236. The number of hydrogen-bond donors (Lipinski definition) is 1. The van der Waals surface area contributed by atoms with Gasteiger partial charge in [0.2, 0.25) is 0 Å². The number of benzene rings is 1. The van der Waals surface area contributed by atoms with Crippen LogP contribution < -0.4 is 5.73 Å². The SMILES string of the molecule is CCCn1c(CC(=O)CC(CC)CN)nc2ccccc21. The molecular weight excluding hydrogens is 262 g/mol. The fourth-order valence-electron chi connectivity index (χ4n) is 2.70. The molecule has 4 heteroatoms. The first kappa shape index (κ1) is 15.7. The highest BCUT2D eigenvalue weighted by Crippen LogP contribution is 2.18. The van der Waals surface area contributed by atoms with E-state index in [1.54, 1.807) is 0 Å². The lowest BCUT2D eigenvalue weighted by Crippen LogP contribution is -2.19. The van der Waals surface area contributed by atoms with Gasteiger partial charge in [0, 0.05) is 13.0 Å². The topological polar surface area (TPSA) is 60.9 Å². The van der Waals surface area contributed by atoms with Crippen LogP contribution in [0.3, 0.4) is 0 Å². The molecule has 2 rings (SSSR count). The number of rotatable bonds is 8. The molecule has 1 aromatic carbocycles. The molecule has 4 nitrogen and oxygen atoms in total. The molecule has 1 atom stereocenters. The second kappa shape index (κ2) is 7.36. The summed E-state index contributed by atoms with van der Waals surface area (Å²) in [5.74, 6) is 1.41. The fourth-order valence-corrected chi connectivity index (χ4v) is 2.70. The summed E-state index contributed by atoms with van der Waals surface area (Å²) in [5.41, 5.74) is 7.78. The second-order valence-corrected chi connectivity index (χ2v) is 5.60. The van der Waals surface area contributed by atoms with Gasteiger partial charge in [-0.15, -0.1) is 0 Å². The Morgan fingerprint density at radius 3 is 2.76 bits per heavy atom. The Morgan fingerprint density at radius 1 is 1.33 bits per heavy atom. The third kappa shape index (κ3) is 3.70. The molecule has 2 N–H and O–H groups in total. The van der Waals surface area contributed by atoms with Gasteiger partial charge in [0.25, 0.3) is 0 Å². The van der Waals surface area contributed by atoms with Crippen molar-refractivity contribution < 1.29 is 4.79 Å². The summed E-state index contributed by atoms with van der Waals surface area (Å²) in [5, 5.41) is 0. The highest BCUT2D eigenvalue weighted by molar-refractivity contribution is 5.82. The summed E-state index contributed by atoms with van der Waals surface area (Å²) in [6.45, 7) is 5.70. The highest BCUT2D eigenvalue weighted by atomic mass is 16.1. The Labute approximate surface area is 126 Å². The van der Waals surface area contributed by atoms with Gasteiger partial charge in [-0.2, -0.15) is 0 Å². The van der Waals surface area contributed by atoms with Gasteiger partial charge in [-0.1, -0.05) is 32.4 Å². The fraction of sp³-hybridized carbons (Fsp3) is 0.529. The van der Waals surface area contributed by atoms with E-state index >= 15 is 0 Å². The Hall–Kier alpha value is -1.68. The van der Waals surface area contributed by atoms with Crippen LogP contribution in [0.5, 0.6) is 0 Å². The van der Waals surface area contributed by atoms with E-state index in [1.807, 2.05) is 18.2 Å². The largest absolute Gasteiger partial charge is 0.330 e. The first-order chi connectivity index (χ1) is 10.2. The van der Waals surface area contributed by atoms with Crippen LogP contribution >= 0.6 is 0 Å². The van der Waals surface area contributed by atoms with Gasteiger partial charge in [0.05, 0.1) is 17.5 Å². The molecule has 0 amide bonds. The maximum Gasteiger partial charge on any atom is 0.140 e. The first-order valence-corrected chi connectivity index (χ1v) is 7.85. The van der Waals surface area contributed by atoms with E-state index in [0.29, 0.717) is 25.3 Å². The Kier molecular flexibility index (Phi) is 5.51. The maximum atomic E-state index is 12.3.